The molecule has 10 heteroatoms. The Kier molecular flexibility index (Phi) is 7.81. The molecule has 0 bridgehead atoms. The fourth-order valence-corrected chi connectivity index (χ4v) is 5.42. The zero-order valence-corrected chi connectivity index (χ0v) is 24.6. The van der Waals surface area contributed by atoms with Crippen molar-refractivity contribution in [3.8, 4) is 22.8 Å². The van der Waals surface area contributed by atoms with Crippen LogP contribution in [-0.4, -0.2) is 57.7 Å². The number of ether oxygens (including phenoxy) is 2. The van der Waals surface area contributed by atoms with Gasteiger partial charge in [-0.25, -0.2) is 9.37 Å². The fourth-order valence-electron chi connectivity index (χ4n) is 5.42. The van der Waals surface area contributed by atoms with E-state index < -0.39 is 16.8 Å². The third-order valence-corrected chi connectivity index (χ3v) is 8.29. The molecule has 3 heterocycles. The van der Waals surface area contributed by atoms with Gasteiger partial charge in [-0.05, 0) is 81.6 Å². The number of amides is 1. The third kappa shape index (κ3) is 5.75. The van der Waals surface area contributed by atoms with Crippen LogP contribution in [0.15, 0.2) is 60.8 Å². The molecule has 0 unspecified atom stereocenters. The zero-order valence-electron chi connectivity index (χ0n) is 24.6. The van der Waals surface area contributed by atoms with E-state index in [-0.39, 0.29) is 56.1 Å². The van der Waals surface area contributed by atoms with Crippen molar-refractivity contribution in [1.82, 2.24) is 15.3 Å². The summed E-state index contributed by atoms with van der Waals surface area (Å²) in [5.74, 6) is -0.00704. The summed E-state index contributed by atoms with van der Waals surface area (Å²) in [6.07, 6.45) is 3.81. The Hall–Kier alpha value is -4.41. The first kappa shape index (κ1) is 29.7. The SMILES string of the molecule is C[C@](O)(CCC(=O)c1cc(OC2CC2)c2ncccc2c1)c1cc2c(c(-c3ccc(F)cc3)n1)OC[C@]2(C)C(=O)NCCO. The van der Waals surface area contributed by atoms with Crippen LogP contribution in [0, 0.1) is 5.82 Å². The molecule has 0 saturated heterocycles. The van der Waals surface area contributed by atoms with Crippen LogP contribution in [0.3, 0.4) is 0 Å². The molecule has 1 saturated carbocycles. The molecule has 0 spiro atoms. The molecule has 4 aromatic rings. The summed E-state index contributed by atoms with van der Waals surface area (Å²) in [6.45, 7) is 3.17. The van der Waals surface area contributed by atoms with Gasteiger partial charge in [0.2, 0.25) is 5.91 Å². The first-order valence-corrected chi connectivity index (χ1v) is 14.7. The van der Waals surface area contributed by atoms with Crippen molar-refractivity contribution >= 4 is 22.6 Å². The highest BCUT2D eigenvalue weighted by atomic mass is 19.1. The normalized spacial score (nSPS) is 18.8. The first-order valence-electron chi connectivity index (χ1n) is 14.7. The minimum absolute atomic E-state index is 0.0110. The van der Waals surface area contributed by atoms with Crippen molar-refractivity contribution in [3.05, 3.63) is 83.4 Å². The van der Waals surface area contributed by atoms with Gasteiger partial charge in [0, 0.05) is 41.2 Å². The van der Waals surface area contributed by atoms with Crippen molar-refractivity contribution in [3.63, 3.8) is 0 Å². The zero-order chi connectivity index (χ0) is 31.1. The number of nitrogens with one attached hydrogen (secondary N) is 1. The second kappa shape index (κ2) is 11.6. The highest BCUT2D eigenvalue weighted by Gasteiger charge is 2.46. The molecule has 1 aliphatic heterocycles. The summed E-state index contributed by atoms with van der Waals surface area (Å²) in [6, 6.07) is 14.6. The maximum absolute atomic E-state index is 13.8. The van der Waals surface area contributed by atoms with Crippen LogP contribution in [0.1, 0.15) is 61.1 Å². The lowest BCUT2D eigenvalue weighted by molar-refractivity contribution is -0.126. The fraction of sp³-hybridized carbons (Fsp3) is 0.353. The van der Waals surface area contributed by atoms with E-state index in [0.29, 0.717) is 39.4 Å². The number of Topliss-reactive ketones (excluding diaryl/α,β-unsaturated/α-hetero) is 1. The van der Waals surface area contributed by atoms with E-state index in [2.05, 4.69) is 10.3 Å². The molecular weight excluding hydrogens is 565 g/mol. The highest BCUT2D eigenvalue weighted by Crippen LogP contribution is 2.46. The molecule has 2 atom stereocenters. The van der Waals surface area contributed by atoms with Gasteiger partial charge < -0.3 is 25.0 Å². The number of nitrogens with zero attached hydrogens (tertiary/aromatic N) is 2. The summed E-state index contributed by atoms with van der Waals surface area (Å²) in [5, 5.41) is 24.5. The van der Waals surface area contributed by atoms with Crippen molar-refractivity contribution in [2.24, 2.45) is 0 Å². The van der Waals surface area contributed by atoms with E-state index in [0.717, 1.165) is 18.2 Å². The van der Waals surface area contributed by atoms with Gasteiger partial charge >= 0.3 is 0 Å². The van der Waals surface area contributed by atoms with Gasteiger partial charge in [-0.1, -0.05) is 6.07 Å². The van der Waals surface area contributed by atoms with Crippen LogP contribution in [-0.2, 0) is 15.8 Å². The van der Waals surface area contributed by atoms with E-state index in [4.69, 9.17) is 14.5 Å². The van der Waals surface area contributed by atoms with Crippen molar-refractivity contribution in [1.29, 1.82) is 0 Å². The average Bonchev–Trinajstić information content (AvgIpc) is 3.78. The van der Waals surface area contributed by atoms with E-state index in [1.807, 2.05) is 12.1 Å². The number of hydrogen-bond donors (Lipinski definition) is 3. The molecule has 2 aromatic heterocycles. The van der Waals surface area contributed by atoms with Gasteiger partial charge in [-0.3, -0.25) is 14.6 Å². The number of fused-ring (bicyclic) bond motifs is 2. The standard InChI is InChI=1S/C34H34FN3O6/c1-33(32(41)37-14-15-39)19-43-31-25(33)18-28(38-30(31)20-5-7-23(35)8-6-20)34(2,42)12-11-26(40)22-16-21-4-3-13-36-29(21)27(17-22)44-24-9-10-24/h3-8,13,16-18,24,39,42H,9-12,14-15,19H2,1-2H3,(H,37,41)/t33-,34-/m0/s1. The minimum Gasteiger partial charge on any atom is -0.489 e. The number of carbonyl (C=O) groups is 2. The van der Waals surface area contributed by atoms with Gasteiger partial charge in [0.15, 0.2) is 5.78 Å². The predicted octanol–water partition coefficient (Wildman–Crippen LogP) is 4.61. The molecule has 2 aromatic carbocycles. The van der Waals surface area contributed by atoms with E-state index in [9.17, 15) is 24.2 Å². The number of aliphatic hydroxyl groups is 2. The monoisotopic (exact) mass is 599 g/mol. The van der Waals surface area contributed by atoms with Crippen LogP contribution < -0.4 is 14.8 Å². The lowest BCUT2D eigenvalue weighted by atomic mass is 9.81. The number of aliphatic hydroxyl groups excluding tert-OH is 1. The van der Waals surface area contributed by atoms with Crippen LogP contribution in [0.2, 0.25) is 0 Å². The Morgan fingerprint density at radius 3 is 2.68 bits per heavy atom. The number of carbonyl (C=O) groups excluding carboxylic acids is 2. The number of aromatic nitrogens is 2. The molecule has 3 N–H and O–H groups in total. The van der Waals surface area contributed by atoms with Gasteiger partial charge in [0.25, 0.3) is 0 Å². The van der Waals surface area contributed by atoms with Crippen LogP contribution in [0.4, 0.5) is 4.39 Å². The number of ketones is 1. The van der Waals surface area contributed by atoms with E-state index in [1.54, 1.807) is 50.4 Å². The molecule has 1 amide bonds. The number of hydrogen-bond acceptors (Lipinski definition) is 8. The summed E-state index contributed by atoms with van der Waals surface area (Å²) in [7, 11) is 0. The summed E-state index contributed by atoms with van der Waals surface area (Å²) in [5.41, 5.74) is 0.106. The Morgan fingerprint density at radius 2 is 1.95 bits per heavy atom. The Morgan fingerprint density at radius 1 is 1.18 bits per heavy atom. The lowest BCUT2D eigenvalue weighted by Crippen LogP contribution is -2.44. The van der Waals surface area contributed by atoms with Crippen molar-refractivity contribution in [2.45, 2.75) is 56.7 Å². The van der Waals surface area contributed by atoms with E-state index in [1.165, 1.54) is 12.1 Å². The average molecular weight is 600 g/mol. The Balaban J connectivity index is 1.32. The molecule has 9 nitrogen and oxygen atoms in total. The van der Waals surface area contributed by atoms with Crippen molar-refractivity contribution in [2.75, 3.05) is 19.8 Å². The summed E-state index contributed by atoms with van der Waals surface area (Å²) < 4.78 is 25.8. The number of benzene rings is 2. The van der Waals surface area contributed by atoms with Gasteiger partial charge in [0.05, 0.1) is 18.4 Å². The highest BCUT2D eigenvalue weighted by molar-refractivity contribution is 6.01. The van der Waals surface area contributed by atoms with Crippen LogP contribution in [0.25, 0.3) is 22.2 Å². The molecular formula is C34H34FN3O6. The molecule has 1 aliphatic carbocycles. The third-order valence-electron chi connectivity index (χ3n) is 8.29. The maximum Gasteiger partial charge on any atom is 0.234 e. The van der Waals surface area contributed by atoms with Gasteiger partial charge in [-0.2, -0.15) is 0 Å². The molecule has 6 rings (SSSR count). The van der Waals surface area contributed by atoms with Gasteiger partial charge in [-0.15, -0.1) is 0 Å². The predicted molar refractivity (Wildman–Crippen MR) is 161 cm³/mol. The molecule has 0 radical (unpaired) electrons. The summed E-state index contributed by atoms with van der Waals surface area (Å²) >= 11 is 0. The van der Waals surface area contributed by atoms with Crippen LogP contribution in [0.5, 0.6) is 11.5 Å². The molecule has 1 fully saturated rings. The lowest BCUT2D eigenvalue weighted by Gasteiger charge is -2.26. The Bertz CT molecular complexity index is 1740. The first-order chi connectivity index (χ1) is 21.1. The Labute approximate surface area is 254 Å². The van der Waals surface area contributed by atoms with Crippen LogP contribution >= 0.6 is 0 Å². The molecule has 228 valence electrons. The smallest absolute Gasteiger partial charge is 0.234 e. The second-order valence-corrected chi connectivity index (χ2v) is 11.9. The largest absolute Gasteiger partial charge is 0.489 e. The molecule has 44 heavy (non-hydrogen) atoms. The maximum atomic E-state index is 13.8. The minimum atomic E-state index is -1.57. The topological polar surface area (TPSA) is 131 Å². The summed E-state index contributed by atoms with van der Waals surface area (Å²) in [4.78, 5) is 35.9. The number of halogens is 1. The molecule has 2 aliphatic rings. The number of rotatable bonds is 11. The van der Waals surface area contributed by atoms with Gasteiger partial charge in [0.1, 0.15) is 46.1 Å². The number of pyridine rings is 2. The van der Waals surface area contributed by atoms with Crippen molar-refractivity contribution < 1.29 is 33.7 Å². The van der Waals surface area contributed by atoms with E-state index >= 15 is 0 Å². The quantitative estimate of drug-likeness (QED) is 0.213. The second-order valence-electron chi connectivity index (χ2n) is 11.9.